The van der Waals surface area contributed by atoms with Gasteiger partial charge in [-0.25, -0.2) is 18.2 Å². The third-order valence-corrected chi connectivity index (χ3v) is 6.21. The molecule has 0 saturated carbocycles. The summed E-state index contributed by atoms with van der Waals surface area (Å²) in [5, 5.41) is 9.86. The molecule has 1 aromatic heterocycles. The molecule has 1 N–H and O–H groups in total. The molecule has 38 heavy (non-hydrogen) atoms. The molecule has 1 amide bonds. The number of alkyl halides is 3. The van der Waals surface area contributed by atoms with Gasteiger partial charge in [0.05, 0.1) is 17.0 Å². The van der Waals surface area contributed by atoms with E-state index in [-0.39, 0.29) is 22.6 Å². The van der Waals surface area contributed by atoms with Crippen LogP contribution in [0.3, 0.4) is 0 Å². The van der Waals surface area contributed by atoms with Gasteiger partial charge in [-0.15, -0.1) is 0 Å². The lowest BCUT2D eigenvalue weighted by Crippen LogP contribution is -2.38. The van der Waals surface area contributed by atoms with Crippen LogP contribution >= 0.6 is 0 Å². The van der Waals surface area contributed by atoms with E-state index >= 15 is 0 Å². The molecular formula is C26H25F3N2O6S. The van der Waals surface area contributed by atoms with Gasteiger partial charge < -0.3 is 14.7 Å². The molecule has 0 aliphatic heterocycles. The zero-order valence-electron chi connectivity index (χ0n) is 20.9. The zero-order valence-corrected chi connectivity index (χ0v) is 21.7. The first-order chi connectivity index (χ1) is 17.6. The summed E-state index contributed by atoms with van der Waals surface area (Å²) >= 11 is 0. The molecule has 202 valence electrons. The van der Waals surface area contributed by atoms with E-state index in [0.29, 0.717) is 11.6 Å². The zero-order chi connectivity index (χ0) is 28.4. The Kier molecular flexibility index (Phi) is 8.15. The number of benzene rings is 2. The average molecular weight is 551 g/mol. The van der Waals surface area contributed by atoms with Gasteiger partial charge in [0.1, 0.15) is 11.3 Å². The van der Waals surface area contributed by atoms with E-state index < -0.39 is 51.1 Å². The molecule has 0 aliphatic rings. The Morgan fingerprint density at radius 1 is 1.08 bits per heavy atom. The van der Waals surface area contributed by atoms with Gasteiger partial charge in [-0.1, -0.05) is 17.7 Å². The molecule has 0 atom stereocenters. The third-order valence-electron chi connectivity index (χ3n) is 5.35. The third kappa shape index (κ3) is 6.88. The highest BCUT2D eigenvalue weighted by Gasteiger charge is 2.36. The summed E-state index contributed by atoms with van der Waals surface area (Å²) in [6.07, 6.45) is -3.11. The minimum atomic E-state index is -4.93. The van der Waals surface area contributed by atoms with Crippen molar-refractivity contribution < 1.29 is 41.0 Å². The molecule has 12 heteroatoms. The number of halogens is 3. The number of anilines is 1. The number of sulfone groups is 1. The fourth-order valence-corrected chi connectivity index (χ4v) is 4.45. The maximum Gasteiger partial charge on any atom is 0.421 e. The van der Waals surface area contributed by atoms with Crippen LogP contribution in [0.4, 0.5) is 18.9 Å². The van der Waals surface area contributed by atoms with Crippen LogP contribution in [0.5, 0.6) is 11.6 Å². The van der Waals surface area contributed by atoms with E-state index in [9.17, 15) is 36.3 Å². The van der Waals surface area contributed by atoms with E-state index in [1.54, 1.807) is 38.1 Å². The van der Waals surface area contributed by atoms with Crippen LogP contribution in [0.2, 0.25) is 0 Å². The number of pyridine rings is 1. The summed E-state index contributed by atoms with van der Waals surface area (Å²) in [7, 11) is -3.62. The van der Waals surface area contributed by atoms with Gasteiger partial charge in [-0.3, -0.25) is 4.79 Å². The molecule has 3 aromatic rings. The van der Waals surface area contributed by atoms with Crippen molar-refractivity contribution in [3.63, 3.8) is 0 Å². The van der Waals surface area contributed by atoms with Gasteiger partial charge in [0.25, 0.3) is 5.91 Å². The highest BCUT2D eigenvalue weighted by Crippen LogP contribution is 2.38. The fourth-order valence-electron chi connectivity index (χ4n) is 3.69. The minimum absolute atomic E-state index is 0.0259. The molecule has 0 unspecified atom stereocenters. The number of aromatic nitrogens is 1. The second kappa shape index (κ2) is 10.8. The van der Waals surface area contributed by atoms with Crippen molar-refractivity contribution in [3.8, 4) is 11.6 Å². The quantitative estimate of drug-likeness (QED) is 0.394. The standard InChI is InChI=1S/C26H25F3N2O6S/c1-15(2)31(24(32)18-7-5-16(3)6-8-18)22-10-9-19(12-20(22)25(33)34)37-23-21(26(27,28)29)11-17(13-30-23)14-38(4,35)36/h5-13,15H,14H2,1-4H3,(H,33,34). The number of aryl methyl sites for hydroxylation is 1. The van der Waals surface area contributed by atoms with E-state index in [0.717, 1.165) is 24.1 Å². The van der Waals surface area contributed by atoms with Gasteiger partial charge in [0.2, 0.25) is 5.88 Å². The summed E-state index contributed by atoms with van der Waals surface area (Å²) < 4.78 is 69.4. The smallest absolute Gasteiger partial charge is 0.421 e. The molecule has 3 rings (SSSR count). The molecule has 8 nitrogen and oxygen atoms in total. The minimum Gasteiger partial charge on any atom is -0.478 e. The fraction of sp³-hybridized carbons (Fsp3) is 0.269. The second-order valence-corrected chi connectivity index (χ2v) is 11.1. The maximum absolute atomic E-state index is 13.7. The van der Waals surface area contributed by atoms with Gasteiger partial charge in [0.15, 0.2) is 9.84 Å². The van der Waals surface area contributed by atoms with E-state index in [1.165, 1.54) is 17.0 Å². The van der Waals surface area contributed by atoms with E-state index in [4.69, 9.17) is 4.74 Å². The van der Waals surface area contributed by atoms with Crippen molar-refractivity contribution in [1.29, 1.82) is 0 Å². The van der Waals surface area contributed by atoms with Gasteiger partial charge in [-0.2, -0.15) is 13.2 Å². The Bertz CT molecular complexity index is 1470. The highest BCUT2D eigenvalue weighted by atomic mass is 32.2. The van der Waals surface area contributed by atoms with Crippen LogP contribution in [-0.2, 0) is 21.8 Å². The van der Waals surface area contributed by atoms with Gasteiger partial charge >= 0.3 is 12.1 Å². The maximum atomic E-state index is 13.7. The molecule has 2 aromatic carbocycles. The van der Waals surface area contributed by atoms with Gasteiger partial charge in [0, 0.05) is 24.1 Å². The SMILES string of the molecule is Cc1ccc(C(=O)N(c2ccc(Oc3ncc(CS(C)(=O)=O)cc3C(F)(F)F)cc2C(=O)O)C(C)C)cc1. The second-order valence-electron chi connectivity index (χ2n) is 8.99. The molecule has 0 aliphatic carbocycles. The average Bonchev–Trinajstić information content (AvgIpc) is 2.79. The summed E-state index contributed by atoms with van der Waals surface area (Å²) in [6, 6.07) is 10.4. The van der Waals surface area contributed by atoms with Crippen molar-refractivity contribution in [2.24, 2.45) is 0 Å². The molecular weight excluding hydrogens is 525 g/mol. The van der Waals surface area contributed by atoms with Crippen molar-refractivity contribution in [2.45, 2.75) is 38.7 Å². The van der Waals surface area contributed by atoms with E-state index in [2.05, 4.69) is 4.98 Å². The Balaban J connectivity index is 2.04. The lowest BCUT2D eigenvalue weighted by molar-refractivity contribution is -0.138. The number of carbonyl (C=O) groups excluding carboxylic acids is 1. The Morgan fingerprint density at radius 2 is 1.71 bits per heavy atom. The van der Waals surface area contributed by atoms with Crippen molar-refractivity contribution >= 4 is 27.4 Å². The largest absolute Gasteiger partial charge is 0.478 e. The molecule has 0 bridgehead atoms. The van der Waals surface area contributed by atoms with Crippen LogP contribution < -0.4 is 9.64 Å². The predicted octanol–water partition coefficient (Wildman–Crippen LogP) is 5.50. The highest BCUT2D eigenvalue weighted by molar-refractivity contribution is 7.89. The van der Waals surface area contributed by atoms with Crippen molar-refractivity contribution in [2.75, 3.05) is 11.2 Å². The predicted molar refractivity (Wildman–Crippen MR) is 134 cm³/mol. The first-order valence-electron chi connectivity index (χ1n) is 11.3. The summed E-state index contributed by atoms with van der Waals surface area (Å²) in [5.41, 5.74) is -0.596. The number of amides is 1. The molecule has 0 spiro atoms. The van der Waals surface area contributed by atoms with Gasteiger partial charge in [-0.05, 0) is 62.7 Å². The number of hydrogen-bond acceptors (Lipinski definition) is 6. The van der Waals surface area contributed by atoms with Crippen molar-refractivity contribution in [3.05, 3.63) is 82.5 Å². The normalized spacial score (nSPS) is 11.9. The number of carboxylic acid groups (broad SMARTS) is 1. The number of aromatic carboxylic acids is 1. The lowest BCUT2D eigenvalue weighted by Gasteiger charge is -2.28. The van der Waals surface area contributed by atoms with Crippen LogP contribution in [0.25, 0.3) is 0 Å². The number of carboxylic acids is 1. The molecule has 1 heterocycles. The number of rotatable bonds is 8. The summed E-state index contributed by atoms with van der Waals surface area (Å²) in [5.74, 6) is -3.69. The summed E-state index contributed by atoms with van der Waals surface area (Å²) in [6.45, 7) is 5.24. The number of ether oxygens (including phenoxy) is 1. The first-order valence-corrected chi connectivity index (χ1v) is 13.3. The first kappa shape index (κ1) is 28.6. The van der Waals surface area contributed by atoms with E-state index in [1.807, 2.05) is 6.92 Å². The van der Waals surface area contributed by atoms with Crippen molar-refractivity contribution in [1.82, 2.24) is 4.98 Å². The van der Waals surface area contributed by atoms with Crippen LogP contribution in [0.1, 0.15) is 51.3 Å². The lowest BCUT2D eigenvalue weighted by atomic mass is 10.1. The molecule has 0 radical (unpaired) electrons. The molecule has 0 fully saturated rings. The van der Waals surface area contributed by atoms with Crippen LogP contribution in [0.15, 0.2) is 54.7 Å². The number of hydrogen-bond donors (Lipinski definition) is 1. The van der Waals surface area contributed by atoms with Crippen LogP contribution in [0, 0.1) is 6.92 Å². The summed E-state index contributed by atoms with van der Waals surface area (Å²) in [4.78, 5) is 30.3. The Hall–Kier alpha value is -3.93. The monoisotopic (exact) mass is 550 g/mol. The Labute approximate surface area is 217 Å². The topological polar surface area (TPSA) is 114 Å². The Morgan fingerprint density at radius 3 is 2.24 bits per heavy atom. The number of carbonyl (C=O) groups is 2. The molecule has 0 saturated heterocycles. The number of nitrogens with zero attached hydrogens (tertiary/aromatic N) is 2. The van der Waals surface area contributed by atoms with Crippen LogP contribution in [-0.4, -0.2) is 42.7 Å².